The molecule has 0 amide bonds. The highest BCUT2D eigenvalue weighted by Gasteiger charge is 2.21. The highest BCUT2D eigenvalue weighted by Crippen LogP contribution is 2.34. The first kappa shape index (κ1) is 15.0. The molecule has 1 heterocycles. The van der Waals surface area contributed by atoms with Crippen LogP contribution in [0.3, 0.4) is 0 Å². The summed E-state index contributed by atoms with van der Waals surface area (Å²) in [6.07, 6.45) is 12.1. The van der Waals surface area contributed by atoms with Crippen LogP contribution in [0.4, 0.5) is 0 Å². The highest BCUT2D eigenvalue weighted by atomic mass is 14.9. The monoisotopic (exact) mass is 240 g/mol. The Labute approximate surface area is 108 Å². The van der Waals surface area contributed by atoms with E-state index in [1.54, 1.807) is 0 Å². The molecule has 1 rings (SSSR count). The van der Waals surface area contributed by atoms with Gasteiger partial charge in [-0.05, 0) is 50.6 Å². The zero-order valence-electron chi connectivity index (χ0n) is 11.9. The summed E-state index contributed by atoms with van der Waals surface area (Å²) in [4.78, 5) is 0. The minimum Gasteiger partial charge on any atom is -0.330 e. The molecule has 17 heavy (non-hydrogen) atoms. The van der Waals surface area contributed by atoms with Gasteiger partial charge in [-0.1, -0.05) is 39.5 Å². The SMILES string of the molecule is CCC1(C)CCCCNC(CCN)CCCC1. The van der Waals surface area contributed by atoms with Crippen LogP contribution in [0.25, 0.3) is 0 Å². The second-order valence-corrected chi connectivity index (χ2v) is 6.10. The van der Waals surface area contributed by atoms with Gasteiger partial charge >= 0.3 is 0 Å². The van der Waals surface area contributed by atoms with E-state index in [1.165, 1.54) is 57.9 Å². The summed E-state index contributed by atoms with van der Waals surface area (Å²) in [6, 6.07) is 0.672. The summed E-state index contributed by atoms with van der Waals surface area (Å²) in [5, 5.41) is 3.68. The molecule has 0 radical (unpaired) electrons. The predicted molar refractivity (Wildman–Crippen MR) is 76.2 cm³/mol. The van der Waals surface area contributed by atoms with Crippen molar-refractivity contribution in [1.82, 2.24) is 5.32 Å². The van der Waals surface area contributed by atoms with E-state index in [0.29, 0.717) is 11.5 Å². The van der Waals surface area contributed by atoms with Gasteiger partial charge < -0.3 is 11.1 Å². The zero-order valence-corrected chi connectivity index (χ0v) is 11.9. The second-order valence-electron chi connectivity index (χ2n) is 6.10. The number of hydrogen-bond donors (Lipinski definition) is 2. The van der Waals surface area contributed by atoms with Gasteiger partial charge in [-0.2, -0.15) is 0 Å². The maximum Gasteiger partial charge on any atom is 0.00790 e. The molecule has 1 fully saturated rings. The molecular formula is C15H32N2. The Morgan fingerprint density at radius 1 is 1.18 bits per heavy atom. The molecule has 1 aliphatic heterocycles. The van der Waals surface area contributed by atoms with Crippen molar-refractivity contribution in [1.29, 1.82) is 0 Å². The first-order chi connectivity index (χ1) is 8.20. The molecular weight excluding hydrogens is 208 g/mol. The van der Waals surface area contributed by atoms with Crippen molar-refractivity contribution in [2.45, 2.75) is 77.7 Å². The van der Waals surface area contributed by atoms with Crippen molar-refractivity contribution in [2.75, 3.05) is 13.1 Å². The lowest BCUT2D eigenvalue weighted by Gasteiger charge is -2.28. The molecule has 2 atom stereocenters. The molecule has 0 aromatic carbocycles. The van der Waals surface area contributed by atoms with Gasteiger partial charge in [0.1, 0.15) is 0 Å². The first-order valence-corrected chi connectivity index (χ1v) is 7.63. The lowest BCUT2D eigenvalue weighted by atomic mass is 9.78. The smallest absolute Gasteiger partial charge is 0.00790 e. The van der Waals surface area contributed by atoms with E-state index in [0.717, 1.165) is 13.0 Å². The standard InChI is InChI=1S/C15H32N2/c1-3-15(2)10-5-4-8-14(9-12-16)17-13-7-6-11-15/h14,17H,3-13,16H2,1-2H3. The van der Waals surface area contributed by atoms with E-state index < -0.39 is 0 Å². The summed E-state index contributed by atoms with van der Waals surface area (Å²) >= 11 is 0. The number of nitrogens with one attached hydrogen (secondary N) is 1. The molecule has 1 saturated heterocycles. The number of rotatable bonds is 3. The van der Waals surface area contributed by atoms with Gasteiger partial charge in [0.2, 0.25) is 0 Å². The molecule has 102 valence electrons. The molecule has 0 aromatic rings. The number of nitrogens with two attached hydrogens (primary N) is 1. The van der Waals surface area contributed by atoms with Gasteiger partial charge in [-0.15, -0.1) is 0 Å². The third-order valence-corrected chi connectivity index (χ3v) is 4.59. The van der Waals surface area contributed by atoms with Crippen LogP contribution < -0.4 is 11.1 Å². The minimum absolute atomic E-state index is 0.605. The first-order valence-electron chi connectivity index (χ1n) is 7.63. The fourth-order valence-electron chi connectivity index (χ4n) is 2.95. The molecule has 3 N–H and O–H groups in total. The molecule has 0 spiro atoms. The van der Waals surface area contributed by atoms with Gasteiger partial charge in [-0.3, -0.25) is 0 Å². The third-order valence-electron chi connectivity index (χ3n) is 4.59. The van der Waals surface area contributed by atoms with E-state index in [4.69, 9.17) is 5.73 Å². The lowest BCUT2D eigenvalue weighted by molar-refractivity contribution is 0.244. The minimum atomic E-state index is 0.605. The van der Waals surface area contributed by atoms with Crippen LogP contribution in [0.15, 0.2) is 0 Å². The fourth-order valence-corrected chi connectivity index (χ4v) is 2.95. The summed E-state index contributed by atoms with van der Waals surface area (Å²) in [6.45, 7) is 6.85. The Bertz CT molecular complexity index is 193. The Kier molecular flexibility index (Phi) is 7.14. The molecule has 1 aliphatic rings. The van der Waals surface area contributed by atoms with Crippen LogP contribution in [0.5, 0.6) is 0 Å². The quantitative estimate of drug-likeness (QED) is 0.793. The van der Waals surface area contributed by atoms with Crippen molar-refractivity contribution in [2.24, 2.45) is 11.1 Å². The van der Waals surface area contributed by atoms with Crippen LogP contribution in [-0.2, 0) is 0 Å². The summed E-state index contributed by atoms with van der Waals surface area (Å²) < 4.78 is 0. The normalized spacial score (nSPS) is 33.0. The van der Waals surface area contributed by atoms with E-state index in [9.17, 15) is 0 Å². The van der Waals surface area contributed by atoms with Gasteiger partial charge in [-0.25, -0.2) is 0 Å². The Hall–Kier alpha value is -0.0800. The summed E-state index contributed by atoms with van der Waals surface area (Å²) in [5.41, 5.74) is 6.28. The van der Waals surface area contributed by atoms with E-state index in [2.05, 4.69) is 19.2 Å². The maximum absolute atomic E-state index is 5.67. The van der Waals surface area contributed by atoms with Gasteiger partial charge in [0.25, 0.3) is 0 Å². The average Bonchev–Trinajstić information content (AvgIpc) is 2.37. The molecule has 0 aromatic heterocycles. The summed E-state index contributed by atoms with van der Waals surface area (Å²) in [7, 11) is 0. The van der Waals surface area contributed by atoms with Crippen molar-refractivity contribution in [3.8, 4) is 0 Å². The van der Waals surface area contributed by atoms with Crippen LogP contribution in [0.2, 0.25) is 0 Å². The van der Waals surface area contributed by atoms with Crippen molar-refractivity contribution < 1.29 is 0 Å². The maximum atomic E-state index is 5.67. The van der Waals surface area contributed by atoms with Crippen LogP contribution >= 0.6 is 0 Å². The lowest BCUT2D eigenvalue weighted by Crippen LogP contribution is -2.32. The van der Waals surface area contributed by atoms with Crippen LogP contribution in [0.1, 0.15) is 71.6 Å². The van der Waals surface area contributed by atoms with Crippen molar-refractivity contribution in [3.05, 3.63) is 0 Å². The molecule has 2 nitrogen and oxygen atoms in total. The van der Waals surface area contributed by atoms with Crippen molar-refractivity contribution >= 4 is 0 Å². The van der Waals surface area contributed by atoms with Crippen molar-refractivity contribution in [3.63, 3.8) is 0 Å². The Balaban J connectivity index is 2.41. The van der Waals surface area contributed by atoms with Gasteiger partial charge in [0.05, 0.1) is 0 Å². The molecule has 2 heteroatoms. The van der Waals surface area contributed by atoms with Gasteiger partial charge in [0.15, 0.2) is 0 Å². The Morgan fingerprint density at radius 2 is 1.88 bits per heavy atom. The number of hydrogen-bond acceptors (Lipinski definition) is 2. The highest BCUT2D eigenvalue weighted by molar-refractivity contribution is 4.76. The topological polar surface area (TPSA) is 38.0 Å². The van der Waals surface area contributed by atoms with E-state index >= 15 is 0 Å². The average molecular weight is 240 g/mol. The molecule has 0 saturated carbocycles. The fraction of sp³-hybridized carbons (Fsp3) is 1.00. The molecule has 0 bridgehead atoms. The third kappa shape index (κ3) is 5.87. The van der Waals surface area contributed by atoms with E-state index in [1.807, 2.05) is 0 Å². The van der Waals surface area contributed by atoms with Crippen LogP contribution in [-0.4, -0.2) is 19.1 Å². The second kappa shape index (κ2) is 8.10. The summed E-state index contributed by atoms with van der Waals surface area (Å²) in [5.74, 6) is 0. The zero-order chi connectivity index (χ0) is 12.6. The van der Waals surface area contributed by atoms with E-state index in [-0.39, 0.29) is 0 Å². The molecule has 0 aliphatic carbocycles. The molecule has 2 unspecified atom stereocenters. The largest absolute Gasteiger partial charge is 0.330 e. The Morgan fingerprint density at radius 3 is 2.53 bits per heavy atom. The van der Waals surface area contributed by atoms with Crippen LogP contribution in [0, 0.1) is 5.41 Å². The van der Waals surface area contributed by atoms with Gasteiger partial charge in [0, 0.05) is 6.04 Å². The predicted octanol–water partition coefficient (Wildman–Crippen LogP) is 3.45.